The summed E-state index contributed by atoms with van der Waals surface area (Å²) >= 11 is 0. The van der Waals surface area contributed by atoms with Crippen molar-refractivity contribution in [1.29, 1.82) is 0 Å². The van der Waals surface area contributed by atoms with E-state index in [1.54, 1.807) is 0 Å². The Morgan fingerprint density at radius 1 is 1.17 bits per heavy atom. The van der Waals surface area contributed by atoms with Crippen LogP contribution in [0.1, 0.15) is 22.8 Å². The van der Waals surface area contributed by atoms with Gasteiger partial charge in [0.15, 0.2) is 0 Å². The molecule has 18 heavy (non-hydrogen) atoms. The van der Waals surface area contributed by atoms with E-state index in [4.69, 9.17) is 0 Å². The second kappa shape index (κ2) is 4.75. The van der Waals surface area contributed by atoms with Crippen molar-refractivity contribution in [2.75, 3.05) is 7.05 Å². The van der Waals surface area contributed by atoms with Crippen LogP contribution in [0.5, 0.6) is 0 Å². The Labute approximate surface area is 100 Å². The lowest BCUT2D eigenvalue weighted by molar-refractivity contribution is -0.137. The smallest absolute Gasteiger partial charge is 0.282 e. The first-order valence-electron chi connectivity index (χ1n) is 4.79. The Morgan fingerprint density at radius 2 is 1.72 bits per heavy atom. The van der Waals surface area contributed by atoms with Crippen molar-refractivity contribution in [3.05, 3.63) is 35.1 Å². The summed E-state index contributed by atoms with van der Waals surface area (Å²) in [7, 11) is 1.10. The average molecular weight is 263 g/mol. The second-order valence-electron chi connectivity index (χ2n) is 3.61. The van der Waals surface area contributed by atoms with Crippen LogP contribution in [0.4, 0.5) is 17.6 Å². The topological polar surface area (TPSA) is 37.4 Å². The molecule has 7 heteroatoms. The minimum atomic E-state index is -4.76. The summed E-state index contributed by atoms with van der Waals surface area (Å²) < 4.78 is 50.3. The molecule has 0 aromatic heterocycles. The van der Waals surface area contributed by atoms with E-state index in [-0.39, 0.29) is 6.07 Å². The van der Waals surface area contributed by atoms with Crippen molar-refractivity contribution in [3.63, 3.8) is 0 Å². The molecule has 3 nitrogen and oxygen atoms in total. The van der Waals surface area contributed by atoms with E-state index in [9.17, 15) is 27.2 Å². The summed E-state index contributed by atoms with van der Waals surface area (Å²) in [5, 5.41) is 0. The third kappa shape index (κ3) is 3.06. The maximum atomic E-state index is 13.0. The fraction of sp³-hybridized carbons (Fsp3) is 0.273. The van der Waals surface area contributed by atoms with Gasteiger partial charge in [-0.1, -0.05) is 0 Å². The monoisotopic (exact) mass is 263 g/mol. The summed E-state index contributed by atoms with van der Waals surface area (Å²) in [5.74, 6) is -2.84. The van der Waals surface area contributed by atoms with E-state index in [2.05, 4.69) is 0 Å². The first-order valence-corrected chi connectivity index (χ1v) is 4.79. The molecule has 1 rings (SSSR count). The lowest BCUT2D eigenvalue weighted by Crippen LogP contribution is -2.31. The zero-order valence-corrected chi connectivity index (χ0v) is 9.51. The van der Waals surface area contributed by atoms with Crippen LogP contribution in [0.3, 0.4) is 0 Å². The van der Waals surface area contributed by atoms with E-state index >= 15 is 0 Å². The number of nitrogens with zero attached hydrogens (tertiary/aromatic N) is 1. The molecular formula is C11H9F4NO2. The first-order chi connectivity index (χ1) is 8.12. The van der Waals surface area contributed by atoms with E-state index < -0.39 is 34.9 Å². The molecule has 0 saturated heterocycles. The van der Waals surface area contributed by atoms with Gasteiger partial charge in [-0.3, -0.25) is 14.5 Å². The van der Waals surface area contributed by atoms with E-state index in [0.29, 0.717) is 17.0 Å². The molecule has 0 aliphatic carbocycles. The molecule has 0 spiro atoms. The number of hydrogen-bond acceptors (Lipinski definition) is 2. The molecule has 0 fully saturated rings. The SMILES string of the molecule is CC(=O)N(C)C(=O)c1cc(F)cc(C(F)(F)F)c1. The number of benzene rings is 1. The van der Waals surface area contributed by atoms with Crippen molar-refractivity contribution in [1.82, 2.24) is 4.90 Å². The highest BCUT2D eigenvalue weighted by Gasteiger charge is 2.32. The molecule has 0 aliphatic heterocycles. The molecule has 0 aliphatic rings. The fourth-order valence-corrected chi connectivity index (χ4v) is 1.21. The molecular weight excluding hydrogens is 254 g/mol. The summed E-state index contributed by atoms with van der Waals surface area (Å²) in [6, 6.07) is 1.44. The number of alkyl halides is 3. The van der Waals surface area contributed by atoms with Gasteiger partial charge in [0.25, 0.3) is 5.91 Å². The molecule has 98 valence electrons. The van der Waals surface area contributed by atoms with Gasteiger partial charge in [-0.05, 0) is 18.2 Å². The third-order valence-corrected chi connectivity index (χ3v) is 2.25. The Hall–Kier alpha value is -1.92. The molecule has 0 saturated carbocycles. The minimum absolute atomic E-state index is 0.282. The standard InChI is InChI=1S/C11H9F4NO2/c1-6(17)16(2)10(18)7-3-8(11(13,14)15)5-9(12)4-7/h3-5H,1-2H3. The van der Waals surface area contributed by atoms with Gasteiger partial charge in [0.2, 0.25) is 5.91 Å². The van der Waals surface area contributed by atoms with E-state index in [1.807, 2.05) is 0 Å². The Bertz CT molecular complexity index is 496. The minimum Gasteiger partial charge on any atom is -0.282 e. The van der Waals surface area contributed by atoms with Gasteiger partial charge in [0, 0.05) is 19.5 Å². The maximum absolute atomic E-state index is 13.0. The zero-order valence-electron chi connectivity index (χ0n) is 9.51. The van der Waals surface area contributed by atoms with Crippen LogP contribution >= 0.6 is 0 Å². The molecule has 0 heterocycles. The quantitative estimate of drug-likeness (QED) is 0.730. The highest BCUT2D eigenvalue weighted by Crippen LogP contribution is 2.30. The van der Waals surface area contributed by atoms with Crippen LogP contribution in [0.2, 0.25) is 0 Å². The largest absolute Gasteiger partial charge is 0.416 e. The van der Waals surface area contributed by atoms with Crippen LogP contribution in [-0.4, -0.2) is 23.8 Å². The number of amides is 2. The van der Waals surface area contributed by atoms with Gasteiger partial charge in [-0.25, -0.2) is 4.39 Å². The van der Waals surface area contributed by atoms with E-state index in [0.717, 1.165) is 14.0 Å². The number of carbonyl (C=O) groups excluding carboxylic acids is 2. The zero-order chi connectivity index (χ0) is 14.1. The maximum Gasteiger partial charge on any atom is 0.416 e. The normalized spacial score (nSPS) is 11.2. The molecule has 0 N–H and O–H groups in total. The second-order valence-corrected chi connectivity index (χ2v) is 3.61. The predicted octanol–water partition coefficient (Wildman–Crippen LogP) is 2.46. The van der Waals surface area contributed by atoms with Gasteiger partial charge in [0.1, 0.15) is 5.82 Å². The Kier molecular flexibility index (Phi) is 3.73. The summed E-state index contributed by atoms with van der Waals surface area (Å²) in [4.78, 5) is 23.1. The summed E-state index contributed by atoms with van der Waals surface area (Å²) in [5.41, 5.74) is -1.80. The van der Waals surface area contributed by atoms with Crippen molar-refractivity contribution in [3.8, 4) is 0 Å². The first kappa shape index (κ1) is 14.1. The van der Waals surface area contributed by atoms with E-state index in [1.165, 1.54) is 0 Å². The predicted molar refractivity (Wildman–Crippen MR) is 54.2 cm³/mol. The number of carbonyl (C=O) groups is 2. The fourth-order valence-electron chi connectivity index (χ4n) is 1.21. The third-order valence-electron chi connectivity index (χ3n) is 2.25. The van der Waals surface area contributed by atoms with Crippen molar-refractivity contribution < 1.29 is 27.2 Å². The molecule has 2 amide bonds. The number of hydrogen-bond donors (Lipinski definition) is 0. The molecule has 0 unspecified atom stereocenters. The molecule has 0 radical (unpaired) electrons. The van der Waals surface area contributed by atoms with Gasteiger partial charge >= 0.3 is 6.18 Å². The molecule has 0 atom stereocenters. The number of halogens is 4. The van der Waals surface area contributed by atoms with Gasteiger partial charge in [-0.2, -0.15) is 13.2 Å². The average Bonchev–Trinajstić information content (AvgIpc) is 2.24. The molecule has 1 aromatic rings. The van der Waals surface area contributed by atoms with Crippen LogP contribution < -0.4 is 0 Å². The van der Waals surface area contributed by atoms with Gasteiger partial charge in [0.05, 0.1) is 5.56 Å². The lowest BCUT2D eigenvalue weighted by Gasteiger charge is -2.14. The Balaban J connectivity index is 3.23. The van der Waals surface area contributed by atoms with Gasteiger partial charge < -0.3 is 0 Å². The molecule has 1 aromatic carbocycles. The highest BCUT2D eigenvalue weighted by molar-refractivity contribution is 6.03. The summed E-state index contributed by atoms with van der Waals surface area (Å²) in [6.07, 6.45) is -4.76. The van der Waals surface area contributed by atoms with Crippen molar-refractivity contribution in [2.45, 2.75) is 13.1 Å². The number of rotatable bonds is 1. The van der Waals surface area contributed by atoms with Crippen LogP contribution in [0.15, 0.2) is 18.2 Å². The van der Waals surface area contributed by atoms with Crippen LogP contribution in [0.25, 0.3) is 0 Å². The molecule has 0 bridgehead atoms. The van der Waals surface area contributed by atoms with Crippen LogP contribution in [0, 0.1) is 5.82 Å². The van der Waals surface area contributed by atoms with Gasteiger partial charge in [-0.15, -0.1) is 0 Å². The van der Waals surface area contributed by atoms with Crippen molar-refractivity contribution in [2.24, 2.45) is 0 Å². The number of imide groups is 1. The van der Waals surface area contributed by atoms with Crippen molar-refractivity contribution >= 4 is 11.8 Å². The lowest BCUT2D eigenvalue weighted by atomic mass is 10.1. The van der Waals surface area contributed by atoms with Crippen LogP contribution in [-0.2, 0) is 11.0 Å². The Morgan fingerprint density at radius 3 is 2.17 bits per heavy atom. The summed E-state index contributed by atoms with van der Waals surface area (Å²) in [6.45, 7) is 1.07. The highest BCUT2D eigenvalue weighted by atomic mass is 19.4.